The first-order chi connectivity index (χ1) is 12.4. The molecule has 0 aliphatic carbocycles. The summed E-state index contributed by atoms with van der Waals surface area (Å²) >= 11 is 6.92. The maximum atomic E-state index is 12.7. The highest BCUT2D eigenvalue weighted by atomic mass is 35.5. The predicted octanol–water partition coefficient (Wildman–Crippen LogP) is 5.87. The normalized spacial score (nSPS) is 11.8. The number of aromatic nitrogens is 3. The van der Waals surface area contributed by atoms with Crippen molar-refractivity contribution in [3.8, 4) is 0 Å². The molecule has 0 fully saturated rings. The Bertz CT molecular complexity index is 930. The fraction of sp³-hybridized carbons (Fsp3) is 0.0556. The quantitative estimate of drug-likeness (QED) is 0.520. The Hall–Kier alpha value is -2.38. The van der Waals surface area contributed by atoms with Crippen LogP contribution in [0.25, 0.3) is 12.2 Å². The second kappa shape index (κ2) is 7.88. The summed E-state index contributed by atoms with van der Waals surface area (Å²) < 4.78 is 38.0. The van der Waals surface area contributed by atoms with E-state index < -0.39 is 11.7 Å². The molecule has 3 aromatic rings. The molecule has 0 aliphatic heterocycles. The number of rotatable bonds is 4. The SMILES string of the molecule is FC(F)(F)c1cnc(Sc2nccc(/C=C/c3ccccc3)n2)c(Cl)c1. The van der Waals surface area contributed by atoms with Crippen LogP contribution in [0, 0.1) is 0 Å². The molecule has 3 rings (SSSR count). The zero-order valence-corrected chi connectivity index (χ0v) is 14.7. The minimum absolute atomic E-state index is 0.0985. The third kappa shape index (κ3) is 4.83. The van der Waals surface area contributed by atoms with Gasteiger partial charge in [0.05, 0.1) is 16.3 Å². The van der Waals surface area contributed by atoms with E-state index in [0.29, 0.717) is 10.9 Å². The molecule has 132 valence electrons. The highest BCUT2D eigenvalue weighted by Crippen LogP contribution is 2.35. The molecule has 0 spiro atoms. The molecule has 8 heteroatoms. The Morgan fingerprint density at radius 1 is 1.00 bits per heavy atom. The summed E-state index contributed by atoms with van der Waals surface area (Å²) in [4.78, 5) is 12.2. The molecular weight excluding hydrogens is 383 g/mol. The van der Waals surface area contributed by atoms with Crippen molar-refractivity contribution in [2.45, 2.75) is 16.4 Å². The Morgan fingerprint density at radius 2 is 1.77 bits per heavy atom. The van der Waals surface area contributed by atoms with Crippen LogP contribution in [0.3, 0.4) is 0 Å². The van der Waals surface area contributed by atoms with E-state index in [9.17, 15) is 13.2 Å². The number of pyridine rings is 1. The zero-order valence-electron chi connectivity index (χ0n) is 13.1. The van der Waals surface area contributed by atoms with Gasteiger partial charge < -0.3 is 0 Å². The van der Waals surface area contributed by atoms with Crippen LogP contribution in [0.15, 0.2) is 65.0 Å². The van der Waals surface area contributed by atoms with Gasteiger partial charge in [-0.3, -0.25) is 0 Å². The maximum Gasteiger partial charge on any atom is 0.417 e. The van der Waals surface area contributed by atoms with Gasteiger partial charge in [0.15, 0.2) is 5.16 Å². The molecule has 0 N–H and O–H groups in total. The van der Waals surface area contributed by atoms with Crippen LogP contribution in [0.5, 0.6) is 0 Å². The minimum Gasteiger partial charge on any atom is -0.247 e. The Morgan fingerprint density at radius 3 is 2.46 bits per heavy atom. The van der Waals surface area contributed by atoms with Gasteiger partial charge in [0, 0.05) is 12.4 Å². The van der Waals surface area contributed by atoms with Crippen LogP contribution < -0.4 is 0 Å². The largest absolute Gasteiger partial charge is 0.417 e. The van der Waals surface area contributed by atoms with Gasteiger partial charge in [-0.2, -0.15) is 13.2 Å². The third-order valence-electron chi connectivity index (χ3n) is 3.22. The van der Waals surface area contributed by atoms with Gasteiger partial charge in [-0.15, -0.1) is 0 Å². The molecule has 0 aliphatic rings. The fourth-order valence-electron chi connectivity index (χ4n) is 1.98. The Labute approximate surface area is 157 Å². The molecule has 0 unspecified atom stereocenters. The summed E-state index contributed by atoms with van der Waals surface area (Å²) in [5, 5.41) is 0.455. The van der Waals surface area contributed by atoms with Crippen LogP contribution in [-0.4, -0.2) is 15.0 Å². The lowest BCUT2D eigenvalue weighted by Crippen LogP contribution is -2.05. The van der Waals surface area contributed by atoms with Crippen molar-refractivity contribution in [1.82, 2.24) is 15.0 Å². The summed E-state index contributed by atoms with van der Waals surface area (Å²) in [6.45, 7) is 0. The maximum absolute atomic E-state index is 12.7. The number of hydrogen-bond acceptors (Lipinski definition) is 4. The van der Waals surface area contributed by atoms with Crippen molar-refractivity contribution in [2.75, 3.05) is 0 Å². The lowest BCUT2D eigenvalue weighted by atomic mass is 10.2. The van der Waals surface area contributed by atoms with Crippen LogP contribution in [-0.2, 0) is 6.18 Å². The molecule has 0 atom stereocenters. The second-order valence-electron chi connectivity index (χ2n) is 5.12. The standard InChI is InChI=1S/C18H11ClF3N3S/c19-15-10-13(18(20,21)22)11-24-16(15)26-17-23-9-8-14(25-17)7-6-12-4-2-1-3-5-12/h1-11H/b7-6+. The summed E-state index contributed by atoms with van der Waals surface area (Å²) in [6.07, 6.45) is 1.55. The van der Waals surface area contributed by atoms with Crippen molar-refractivity contribution in [3.63, 3.8) is 0 Å². The highest BCUT2D eigenvalue weighted by molar-refractivity contribution is 7.99. The van der Waals surface area contributed by atoms with Crippen LogP contribution >= 0.6 is 23.4 Å². The van der Waals surface area contributed by atoms with Gasteiger partial charge in [-0.25, -0.2) is 15.0 Å². The van der Waals surface area contributed by atoms with Crippen LogP contribution in [0.4, 0.5) is 13.2 Å². The van der Waals surface area contributed by atoms with E-state index in [0.717, 1.165) is 29.6 Å². The molecular formula is C18H11ClF3N3S. The first-order valence-electron chi connectivity index (χ1n) is 7.38. The Kier molecular flexibility index (Phi) is 5.58. The van der Waals surface area contributed by atoms with E-state index in [-0.39, 0.29) is 10.0 Å². The number of alkyl halides is 3. The monoisotopic (exact) mass is 393 g/mol. The molecule has 0 radical (unpaired) electrons. The minimum atomic E-state index is -4.49. The molecule has 0 saturated carbocycles. The lowest BCUT2D eigenvalue weighted by molar-refractivity contribution is -0.137. The van der Waals surface area contributed by atoms with Crippen molar-refractivity contribution < 1.29 is 13.2 Å². The number of nitrogens with zero attached hydrogens (tertiary/aromatic N) is 3. The zero-order chi connectivity index (χ0) is 18.6. The molecule has 0 bridgehead atoms. The van der Waals surface area contributed by atoms with Crippen molar-refractivity contribution in [3.05, 3.63) is 76.7 Å². The summed E-state index contributed by atoms with van der Waals surface area (Å²) in [5.74, 6) is 0. The topological polar surface area (TPSA) is 38.7 Å². The van der Waals surface area contributed by atoms with Gasteiger partial charge in [0.1, 0.15) is 5.03 Å². The number of benzene rings is 1. The van der Waals surface area contributed by atoms with Crippen molar-refractivity contribution in [1.29, 1.82) is 0 Å². The Balaban J connectivity index is 1.78. The van der Waals surface area contributed by atoms with E-state index in [2.05, 4.69) is 15.0 Å². The van der Waals surface area contributed by atoms with Crippen LogP contribution in [0.2, 0.25) is 5.02 Å². The highest BCUT2D eigenvalue weighted by Gasteiger charge is 2.31. The summed E-state index contributed by atoms with van der Waals surface area (Å²) in [7, 11) is 0. The van der Waals surface area contributed by atoms with Gasteiger partial charge in [0.25, 0.3) is 0 Å². The van der Waals surface area contributed by atoms with Crippen LogP contribution in [0.1, 0.15) is 16.8 Å². The average Bonchev–Trinajstić information content (AvgIpc) is 2.62. The lowest BCUT2D eigenvalue weighted by Gasteiger charge is -2.08. The molecule has 1 aromatic carbocycles. The third-order valence-corrected chi connectivity index (χ3v) is 4.52. The van der Waals surface area contributed by atoms with Crippen molar-refractivity contribution in [2.24, 2.45) is 0 Å². The summed E-state index contributed by atoms with van der Waals surface area (Å²) in [5.41, 5.74) is 0.787. The first kappa shape index (κ1) is 18.4. The van der Waals surface area contributed by atoms with Gasteiger partial charge in [-0.05, 0) is 35.5 Å². The fourth-order valence-corrected chi connectivity index (χ4v) is 2.97. The van der Waals surface area contributed by atoms with E-state index in [1.54, 1.807) is 12.3 Å². The van der Waals surface area contributed by atoms with Crippen molar-refractivity contribution >= 4 is 35.5 Å². The van der Waals surface area contributed by atoms with Gasteiger partial charge >= 0.3 is 6.18 Å². The van der Waals surface area contributed by atoms with Gasteiger partial charge in [0.2, 0.25) is 0 Å². The van der Waals surface area contributed by atoms with E-state index in [1.807, 2.05) is 42.5 Å². The second-order valence-corrected chi connectivity index (χ2v) is 6.48. The number of hydrogen-bond donors (Lipinski definition) is 0. The van der Waals surface area contributed by atoms with Gasteiger partial charge in [-0.1, -0.05) is 48.0 Å². The molecule has 2 heterocycles. The molecule has 0 amide bonds. The molecule has 26 heavy (non-hydrogen) atoms. The summed E-state index contributed by atoms with van der Waals surface area (Å²) in [6, 6.07) is 12.3. The first-order valence-corrected chi connectivity index (χ1v) is 8.58. The van der Waals surface area contributed by atoms with E-state index >= 15 is 0 Å². The average molecular weight is 394 g/mol. The molecule has 2 aromatic heterocycles. The molecule has 3 nitrogen and oxygen atoms in total. The predicted molar refractivity (Wildman–Crippen MR) is 95.8 cm³/mol. The smallest absolute Gasteiger partial charge is 0.247 e. The van der Waals surface area contributed by atoms with E-state index in [4.69, 9.17) is 11.6 Å². The molecule has 0 saturated heterocycles. The van der Waals surface area contributed by atoms with E-state index in [1.165, 1.54) is 0 Å². The number of halogens is 4.